The van der Waals surface area contributed by atoms with Gasteiger partial charge in [-0.05, 0) is 54.8 Å². The summed E-state index contributed by atoms with van der Waals surface area (Å²) in [6.07, 6.45) is 2.06. The Morgan fingerprint density at radius 3 is 2.79 bits per heavy atom. The Kier molecular flexibility index (Phi) is 7.09. The van der Waals surface area contributed by atoms with Gasteiger partial charge >= 0.3 is 5.97 Å². The number of ether oxygens (including phenoxy) is 1. The Bertz CT molecular complexity index is 433. The van der Waals surface area contributed by atoms with Gasteiger partial charge in [0.1, 0.15) is 6.04 Å². The Hall–Kier alpha value is -0.880. The number of hydrogen-bond acceptors (Lipinski definition) is 4. The number of halogens is 1. The van der Waals surface area contributed by atoms with Crippen LogP contribution in [0.3, 0.4) is 0 Å². The number of rotatable bonds is 7. The minimum Gasteiger partial charge on any atom is -0.464 e. The lowest BCUT2D eigenvalue weighted by atomic mass is 10.2. The third-order valence-electron chi connectivity index (χ3n) is 2.47. The number of nitrogens with one attached hydrogen (secondary N) is 1. The second-order valence-corrected chi connectivity index (χ2v) is 6.65. The fraction of sp³-hybridized carbons (Fsp3) is 0.538. The van der Waals surface area contributed by atoms with Crippen molar-refractivity contribution < 1.29 is 14.3 Å². The zero-order valence-electron chi connectivity index (χ0n) is 11.1. The van der Waals surface area contributed by atoms with Crippen LogP contribution >= 0.6 is 27.3 Å². The van der Waals surface area contributed by atoms with Crippen LogP contribution in [0.2, 0.25) is 0 Å². The van der Waals surface area contributed by atoms with Gasteiger partial charge in [-0.2, -0.15) is 0 Å². The monoisotopic (exact) mass is 347 g/mol. The van der Waals surface area contributed by atoms with Crippen LogP contribution in [0.15, 0.2) is 15.9 Å². The van der Waals surface area contributed by atoms with Gasteiger partial charge < -0.3 is 10.1 Å². The molecule has 0 saturated carbocycles. The van der Waals surface area contributed by atoms with Crippen LogP contribution in [0.25, 0.3) is 0 Å². The highest BCUT2D eigenvalue weighted by Crippen LogP contribution is 2.23. The Labute approximate surface area is 125 Å². The smallest absolute Gasteiger partial charge is 0.328 e. The number of esters is 1. The van der Waals surface area contributed by atoms with Gasteiger partial charge in [-0.1, -0.05) is 0 Å². The number of hydrogen-bond donors (Lipinski definition) is 1. The van der Waals surface area contributed by atoms with Gasteiger partial charge in [0.25, 0.3) is 0 Å². The largest absolute Gasteiger partial charge is 0.464 e. The minimum atomic E-state index is -0.580. The van der Waals surface area contributed by atoms with Gasteiger partial charge in [-0.3, -0.25) is 4.79 Å². The molecule has 0 aromatic carbocycles. The second-order valence-electron chi connectivity index (χ2n) is 4.10. The van der Waals surface area contributed by atoms with E-state index in [0.29, 0.717) is 13.0 Å². The molecule has 1 amide bonds. The molecule has 1 atom stereocenters. The predicted octanol–water partition coefficient (Wildman–Crippen LogP) is 2.90. The topological polar surface area (TPSA) is 55.4 Å². The lowest BCUT2D eigenvalue weighted by molar-refractivity contribution is -0.146. The van der Waals surface area contributed by atoms with Crippen molar-refractivity contribution in [1.29, 1.82) is 0 Å². The molecular formula is C13H18BrNO3S. The van der Waals surface area contributed by atoms with Crippen molar-refractivity contribution in [2.24, 2.45) is 0 Å². The predicted molar refractivity (Wildman–Crippen MR) is 79.2 cm³/mol. The third-order valence-corrected chi connectivity index (χ3v) is 4.16. The molecule has 0 fully saturated rings. The molecule has 19 heavy (non-hydrogen) atoms. The van der Waals surface area contributed by atoms with E-state index in [0.717, 1.165) is 16.6 Å². The molecule has 1 unspecified atom stereocenters. The molecule has 0 aliphatic heterocycles. The van der Waals surface area contributed by atoms with E-state index in [2.05, 4.69) is 21.2 Å². The van der Waals surface area contributed by atoms with Crippen molar-refractivity contribution in [2.75, 3.05) is 6.61 Å². The van der Waals surface area contributed by atoms with Gasteiger partial charge in [0.15, 0.2) is 0 Å². The van der Waals surface area contributed by atoms with Crippen molar-refractivity contribution in [2.45, 2.75) is 39.2 Å². The summed E-state index contributed by atoms with van der Waals surface area (Å²) in [5, 5.41) is 2.64. The summed E-state index contributed by atoms with van der Waals surface area (Å²) in [7, 11) is 0. The lowest BCUT2D eigenvalue weighted by Gasteiger charge is -2.12. The van der Waals surface area contributed by atoms with Crippen LogP contribution in [-0.2, 0) is 20.7 Å². The number of carbonyl (C=O) groups is 2. The summed E-state index contributed by atoms with van der Waals surface area (Å²) >= 11 is 5.08. The summed E-state index contributed by atoms with van der Waals surface area (Å²) in [5.41, 5.74) is 0. The molecule has 0 aliphatic carbocycles. The highest BCUT2D eigenvalue weighted by Gasteiger charge is 2.15. The molecule has 4 nitrogen and oxygen atoms in total. The van der Waals surface area contributed by atoms with Crippen LogP contribution in [0.4, 0.5) is 0 Å². The van der Waals surface area contributed by atoms with Crippen LogP contribution in [-0.4, -0.2) is 24.5 Å². The van der Waals surface area contributed by atoms with Crippen molar-refractivity contribution in [3.05, 3.63) is 20.8 Å². The number of thiophene rings is 1. The van der Waals surface area contributed by atoms with Gasteiger partial charge in [0.05, 0.1) is 10.4 Å². The van der Waals surface area contributed by atoms with Gasteiger partial charge in [-0.25, -0.2) is 4.79 Å². The molecule has 1 N–H and O–H groups in total. The Morgan fingerprint density at radius 2 is 2.21 bits per heavy atom. The zero-order chi connectivity index (χ0) is 14.3. The summed E-state index contributed by atoms with van der Waals surface area (Å²) in [6, 6.07) is 3.47. The number of amides is 1. The maximum atomic E-state index is 11.6. The zero-order valence-corrected chi connectivity index (χ0v) is 13.5. The van der Waals surface area contributed by atoms with Crippen molar-refractivity contribution >= 4 is 39.1 Å². The van der Waals surface area contributed by atoms with Crippen molar-refractivity contribution in [3.8, 4) is 0 Å². The first-order valence-electron chi connectivity index (χ1n) is 6.23. The van der Waals surface area contributed by atoms with Gasteiger partial charge in [0.2, 0.25) is 5.91 Å². The quantitative estimate of drug-likeness (QED) is 0.771. The maximum Gasteiger partial charge on any atom is 0.328 e. The average molecular weight is 348 g/mol. The van der Waals surface area contributed by atoms with Gasteiger partial charge in [0, 0.05) is 11.3 Å². The van der Waals surface area contributed by atoms with E-state index in [-0.39, 0.29) is 5.91 Å². The summed E-state index contributed by atoms with van der Waals surface area (Å²) in [5.74, 6) is -0.505. The van der Waals surface area contributed by atoms with Crippen LogP contribution in [0.1, 0.15) is 31.6 Å². The highest BCUT2D eigenvalue weighted by molar-refractivity contribution is 9.11. The molecular weight excluding hydrogens is 330 g/mol. The minimum absolute atomic E-state index is 0.115. The SMILES string of the molecule is CCOC(=O)C(C)NC(=O)CCCc1ccc(Br)s1. The van der Waals surface area contributed by atoms with E-state index < -0.39 is 12.0 Å². The molecule has 1 heterocycles. The van der Waals surface area contributed by atoms with E-state index >= 15 is 0 Å². The molecule has 0 bridgehead atoms. The van der Waals surface area contributed by atoms with E-state index in [1.807, 2.05) is 12.1 Å². The van der Waals surface area contributed by atoms with Crippen LogP contribution in [0.5, 0.6) is 0 Å². The first-order chi connectivity index (χ1) is 9.02. The van der Waals surface area contributed by atoms with Crippen molar-refractivity contribution in [3.63, 3.8) is 0 Å². The fourth-order valence-corrected chi connectivity index (χ4v) is 3.07. The van der Waals surface area contributed by atoms with Gasteiger partial charge in [-0.15, -0.1) is 11.3 Å². The van der Waals surface area contributed by atoms with Crippen LogP contribution < -0.4 is 5.32 Å². The van der Waals surface area contributed by atoms with E-state index in [4.69, 9.17) is 4.74 Å². The van der Waals surface area contributed by atoms with E-state index in [9.17, 15) is 9.59 Å². The number of carbonyl (C=O) groups excluding carboxylic acids is 2. The molecule has 0 aliphatic rings. The second kappa shape index (κ2) is 8.32. The molecule has 1 aromatic heterocycles. The standard InChI is InChI=1S/C13H18BrNO3S/c1-3-18-13(17)9(2)15-12(16)6-4-5-10-7-8-11(14)19-10/h7-9H,3-6H2,1-2H3,(H,15,16). The Balaban J connectivity index is 2.22. The molecule has 1 rings (SSSR count). The molecule has 106 valence electrons. The van der Waals surface area contributed by atoms with Crippen molar-refractivity contribution in [1.82, 2.24) is 5.32 Å². The van der Waals surface area contributed by atoms with Crippen LogP contribution in [0, 0.1) is 0 Å². The normalized spacial score (nSPS) is 11.9. The summed E-state index contributed by atoms with van der Waals surface area (Å²) in [4.78, 5) is 24.2. The Morgan fingerprint density at radius 1 is 1.47 bits per heavy atom. The summed E-state index contributed by atoms with van der Waals surface area (Å²) in [6.45, 7) is 3.70. The molecule has 6 heteroatoms. The molecule has 0 radical (unpaired) electrons. The molecule has 1 aromatic rings. The highest BCUT2D eigenvalue weighted by atomic mass is 79.9. The fourth-order valence-electron chi connectivity index (χ4n) is 1.55. The third kappa shape index (κ3) is 6.20. The maximum absolute atomic E-state index is 11.6. The number of aryl methyl sites for hydroxylation is 1. The summed E-state index contributed by atoms with van der Waals surface area (Å²) < 4.78 is 5.92. The average Bonchev–Trinajstić information content (AvgIpc) is 2.75. The van der Waals surface area contributed by atoms with E-state index in [1.165, 1.54) is 4.88 Å². The molecule has 0 saturated heterocycles. The molecule has 0 spiro atoms. The first-order valence-corrected chi connectivity index (χ1v) is 7.84. The van der Waals surface area contributed by atoms with E-state index in [1.54, 1.807) is 25.2 Å². The lowest BCUT2D eigenvalue weighted by Crippen LogP contribution is -2.39. The first kappa shape index (κ1) is 16.2.